The van der Waals surface area contributed by atoms with E-state index in [4.69, 9.17) is 5.84 Å². The van der Waals surface area contributed by atoms with Crippen molar-refractivity contribution in [2.24, 2.45) is 5.84 Å². The van der Waals surface area contributed by atoms with E-state index < -0.39 is 0 Å². The van der Waals surface area contributed by atoms with Crippen LogP contribution in [0.2, 0.25) is 0 Å². The van der Waals surface area contributed by atoms with Crippen LogP contribution < -0.4 is 16.6 Å². The SMILES string of the molecule is Cc1cccnc1NC(=O)c1cccnc1NN. The Morgan fingerprint density at radius 1 is 1.17 bits per heavy atom. The first kappa shape index (κ1) is 12.0. The van der Waals surface area contributed by atoms with Gasteiger partial charge in [-0.2, -0.15) is 0 Å². The monoisotopic (exact) mass is 243 g/mol. The molecule has 6 nitrogen and oxygen atoms in total. The summed E-state index contributed by atoms with van der Waals surface area (Å²) in [7, 11) is 0. The number of aryl methyl sites for hydroxylation is 1. The first-order chi connectivity index (χ1) is 8.72. The smallest absolute Gasteiger partial charge is 0.260 e. The Hall–Kier alpha value is -2.47. The third kappa shape index (κ3) is 2.44. The highest BCUT2D eigenvalue weighted by Crippen LogP contribution is 2.14. The van der Waals surface area contributed by atoms with E-state index in [0.29, 0.717) is 17.2 Å². The summed E-state index contributed by atoms with van der Waals surface area (Å²) in [6.07, 6.45) is 3.17. The molecule has 0 saturated carbocycles. The Bertz CT molecular complexity index is 570. The van der Waals surface area contributed by atoms with E-state index >= 15 is 0 Å². The van der Waals surface area contributed by atoms with Gasteiger partial charge in [-0.25, -0.2) is 15.8 Å². The van der Waals surface area contributed by atoms with Crippen LogP contribution in [0.1, 0.15) is 15.9 Å². The summed E-state index contributed by atoms with van der Waals surface area (Å²) in [5, 5.41) is 2.72. The maximum atomic E-state index is 12.1. The van der Waals surface area contributed by atoms with Gasteiger partial charge in [0.1, 0.15) is 5.82 Å². The van der Waals surface area contributed by atoms with Gasteiger partial charge in [-0.05, 0) is 30.7 Å². The van der Waals surface area contributed by atoms with Crippen LogP contribution in [0.4, 0.5) is 11.6 Å². The zero-order valence-electron chi connectivity index (χ0n) is 9.84. The molecule has 4 N–H and O–H groups in total. The van der Waals surface area contributed by atoms with E-state index in [-0.39, 0.29) is 5.91 Å². The molecule has 2 heterocycles. The second-order valence-electron chi connectivity index (χ2n) is 3.67. The minimum Gasteiger partial charge on any atom is -0.308 e. The lowest BCUT2D eigenvalue weighted by molar-refractivity contribution is 0.102. The van der Waals surface area contributed by atoms with Crippen LogP contribution in [0.25, 0.3) is 0 Å². The Labute approximate surface area is 104 Å². The van der Waals surface area contributed by atoms with Gasteiger partial charge in [-0.15, -0.1) is 0 Å². The van der Waals surface area contributed by atoms with Gasteiger partial charge in [-0.1, -0.05) is 6.07 Å². The highest BCUT2D eigenvalue weighted by Gasteiger charge is 2.12. The second kappa shape index (κ2) is 5.24. The molecule has 2 rings (SSSR count). The fraction of sp³-hybridized carbons (Fsp3) is 0.0833. The first-order valence-electron chi connectivity index (χ1n) is 5.37. The minimum absolute atomic E-state index is 0.308. The van der Waals surface area contributed by atoms with Crippen LogP contribution in [0, 0.1) is 6.92 Å². The number of rotatable bonds is 3. The first-order valence-corrected chi connectivity index (χ1v) is 5.37. The van der Waals surface area contributed by atoms with Gasteiger partial charge in [0, 0.05) is 12.4 Å². The maximum absolute atomic E-state index is 12.1. The van der Waals surface area contributed by atoms with Crippen molar-refractivity contribution in [2.75, 3.05) is 10.7 Å². The molecule has 0 aromatic carbocycles. The minimum atomic E-state index is -0.308. The van der Waals surface area contributed by atoms with E-state index in [1.807, 2.05) is 19.1 Å². The van der Waals surface area contributed by atoms with Crippen molar-refractivity contribution in [3.05, 3.63) is 47.8 Å². The van der Waals surface area contributed by atoms with Crippen molar-refractivity contribution in [2.45, 2.75) is 6.92 Å². The van der Waals surface area contributed by atoms with Crippen LogP contribution in [-0.2, 0) is 0 Å². The summed E-state index contributed by atoms with van der Waals surface area (Å²) in [6.45, 7) is 1.87. The molecule has 0 aliphatic heterocycles. The molecule has 1 amide bonds. The number of hydrazine groups is 1. The number of anilines is 2. The number of aromatic nitrogens is 2. The summed E-state index contributed by atoms with van der Waals surface area (Å²) in [5.41, 5.74) is 3.64. The number of nitrogens with two attached hydrogens (primary N) is 1. The zero-order valence-corrected chi connectivity index (χ0v) is 9.84. The lowest BCUT2D eigenvalue weighted by Crippen LogP contribution is -2.19. The Balaban J connectivity index is 2.25. The number of carbonyl (C=O) groups excluding carboxylic acids is 1. The molecule has 0 saturated heterocycles. The average molecular weight is 243 g/mol. The van der Waals surface area contributed by atoms with Gasteiger partial charge in [0.15, 0.2) is 5.82 Å². The highest BCUT2D eigenvalue weighted by molar-refractivity contribution is 6.07. The summed E-state index contributed by atoms with van der Waals surface area (Å²) in [5.74, 6) is 5.84. The standard InChI is InChI=1S/C12H13N5O/c1-8-4-2-6-14-10(8)16-12(18)9-5-3-7-15-11(9)17-13/h2-7H,13H2,1H3,(H,15,17)(H,14,16,18). The van der Waals surface area contributed by atoms with Crippen molar-refractivity contribution in [3.63, 3.8) is 0 Å². The number of carbonyl (C=O) groups is 1. The number of nitrogen functional groups attached to an aromatic ring is 1. The van der Waals surface area contributed by atoms with E-state index in [1.165, 1.54) is 0 Å². The highest BCUT2D eigenvalue weighted by atomic mass is 16.1. The molecule has 6 heteroatoms. The molecule has 18 heavy (non-hydrogen) atoms. The van der Waals surface area contributed by atoms with Crippen LogP contribution in [0.3, 0.4) is 0 Å². The average Bonchev–Trinajstić information content (AvgIpc) is 2.41. The quantitative estimate of drug-likeness (QED) is 0.558. The molecule has 0 atom stereocenters. The van der Waals surface area contributed by atoms with Crippen LogP contribution >= 0.6 is 0 Å². The van der Waals surface area contributed by atoms with Crippen molar-refractivity contribution in [1.29, 1.82) is 0 Å². The summed E-state index contributed by atoms with van der Waals surface area (Å²) < 4.78 is 0. The predicted molar refractivity (Wildman–Crippen MR) is 69.0 cm³/mol. The Kier molecular flexibility index (Phi) is 3.49. The fourth-order valence-corrected chi connectivity index (χ4v) is 1.49. The lowest BCUT2D eigenvalue weighted by atomic mass is 10.2. The van der Waals surface area contributed by atoms with Crippen molar-refractivity contribution in [1.82, 2.24) is 9.97 Å². The van der Waals surface area contributed by atoms with E-state index in [0.717, 1.165) is 5.56 Å². The normalized spacial score (nSPS) is 9.89. The van der Waals surface area contributed by atoms with Crippen LogP contribution in [-0.4, -0.2) is 15.9 Å². The molecule has 0 fully saturated rings. The summed E-state index contributed by atoms with van der Waals surface area (Å²) >= 11 is 0. The summed E-state index contributed by atoms with van der Waals surface area (Å²) in [4.78, 5) is 20.1. The maximum Gasteiger partial charge on any atom is 0.260 e. The van der Waals surface area contributed by atoms with Crippen LogP contribution in [0.15, 0.2) is 36.7 Å². The van der Waals surface area contributed by atoms with E-state index in [9.17, 15) is 4.79 Å². The summed E-state index contributed by atoms with van der Waals surface area (Å²) in [6, 6.07) is 6.98. The van der Waals surface area contributed by atoms with Crippen LogP contribution in [0.5, 0.6) is 0 Å². The molecular weight excluding hydrogens is 230 g/mol. The topological polar surface area (TPSA) is 92.9 Å². The Morgan fingerprint density at radius 2 is 1.83 bits per heavy atom. The molecule has 0 bridgehead atoms. The van der Waals surface area contributed by atoms with Crippen molar-refractivity contribution >= 4 is 17.5 Å². The van der Waals surface area contributed by atoms with Gasteiger partial charge in [-0.3, -0.25) is 4.79 Å². The molecule has 92 valence electrons. The van der Waals surface area contributed by atoms with E-state index in [1.54, 1.807) is 24.5 Å². The fourth-order valence-electron chi connectivity index (χ4n) is 1.49. The van der Waals surface area contributed by atoms with Gasteiger partial charge in [0.05, 0.1) is 5.56 Å². The molecule has 0 radical (unpaired) electrons. The largest absolute Gasteiger partial charge is 0.308 e. The van der Waals surface area contributed by atoms with Crippen molar-refractivity contribution < 1.29 is 4.79 Å². The molecule has 0 aliphatic carbocycles. The van der Waals surface area contributed by atoms with Gasteiger partial charge in [0.2, 0.25) is 0 Å². The molecular formula is C12H13N5O. The number of hydrogen-bond donors (Lipinski definition) is 3. The Morgan fingerprint density at radius 3 is 2.50 bits per heavy atom. The second-order valence-corrected chi connectivity index (χ2v) is 3.67. The molecule has 2 aromatic rings. The number of amides is 1. The van der Waals surface area contributed by atoms with Gasteiger partial charge in [0.25, 0.3) is 5.91 Å². The third-order valence-electron chi connectivity index (χ3n) is 2.43. The zero-order chi connectivity index (χ0) is 13.0. The predicted octanol–water partition coefficient (Wildman–Crippen LogP) is 1.32. The van der Waals surface area contributed by atoms with Crippen molar-refractivity contribution in [3.8, 4) is 0 Å². The molecule has 2 aromatic heterocycles. The lowest BCUT2D eigenvalue weighted by Gasteiger charge is -2.09. The molecule has 0 unspecified atom stereocenters. The number of nitrogens with zero attached hydrogens (tertiary/aromatic N) is 2. The van der Waals surface area contributed by atoms with Gasteiger partial charge >= 0.3 is 0 Å². The van der Waals surface area contributed by atoms with Gasteiger partial charge < -0.3 is 10.7 Å². The number of nitrogens with one attached hydrogen (secondary N) is 2. The molecule has 0 aliphatic rings. The number of hydrogen-bond acceptors (Lipinski definition) is 5. The molecule has 0 spiro atoms. The van der Waals surface area contributed by atoms with E-state index in [2.05, 4.69) is 20.7 Å². The number of pyridine rings is 2. The third-order valence-corrected chi connectivity index (χ3v) is 2.43.